The van der Waals surface area contributed by atoms with Crippen LogP contribution in [-0.2, 0) is 14.4 Å². The molecule has 0 aliphatic heterocycles. The van der Waals surface area contributed by atoms with Crippen LogP contribution in [0.5, 0.6) is 0 Å². The number of carboxylic acid groups (broad SMARTS) is 3. The van der Waals surface area contributed by atoms with Gasteiger partial charge in [0.15, 0.2) is 0 Å². The van der Waals surface area contributed by atoms with Crippen LogP contribution in [0.15, 0.2) is 0 Å². The molecule has 1 aromatic rings. The summed E-state index contributed by atoms with van der Waals surface area (Å²) in [6, 6.07) is -3.08. The zero-order chi connectivity index (χ0) is 18.4. The van der Waals surface area contributed by atoms with Crippen molar-refractivity contribution in [1.29, 1.82) is 0 Å². The van der Waals surface area contributed by atoms with Crippen molar-refractivity contribution in [3.05, 3.63) is 0 Å². The number of hydrogen-bond acceptors (Lipinski definition) is 9. The van der Waals surface area contributed by atoms with Gasteiger partial charge in [-0.25, -0.2) is 0 Å². The molecule has 0 aliphatic carbocycles. The van der Waals surface area contributed by atoms with Crippen LogP contribution in [-0.4, -0.2) is 66.3 Å². The molecule has 132 valence electrons. The summed E-state index contributed by atoms with van der Waals surface area (Å²) in [5.74, 6) is -3.92. The average Bonchev–Trinajstić information content (AvgIpc) is 2.46. The minimum atomic E-state index is -1.16. The van der Waals surface area contributed by atoms with Crippen molar-refractivity contribution in [2.24, 2.45) is 0 Å². The summed E-state index contributed by atoms with van der Waals surface area (Å²) in [7, 11) is 0. The molecular formula is C12H18N6O6. The van der Waals surface area contributed by atoms with Gasteiger partial charge in [0.05, 0.1) is 0 Å². The molecule has 1 aromatic heterocycles. The molecule has 0 aliphatic rings. The van der Waals surface area contributed by atoms with Gasteiger partial charge in [0.1, 0.15) is 18.1 Å². The van der Waals surface area contributed by atoms with Gasteiger partial charge < -0.3 is 31.3 Å². The maximum Gasteiger partial charge on any atom is 0.325 e. The molecule has 0 fully saturated rings. The Morgan fingerprint density at radius 1 is 0.667 bits per heavy atom. The summed E-state index contributed by atoms with van der Waals surface area (Å²) >= 11 is 0. The van der Waals surface area contributed by atoms with Gasteiger partial charge in [0.2, 0.25) is 17.8 Å². The molecule has 0 saturated carbocycles. The monoisotopic (exact) mass is 342 g/mol. The first kappa shape index (κ1) is 18.9. The number of anilines is 3. The van der Waals surface area contributed by atoms with Crippen LogP contribution in [0.2, 0.25) is 0 Å². The maximum atomic E-state index is 10.9. The van der Waals surface area contributed by atoms with Crippen LogP contribution in [0.3, 0.4) is 0 Å². The van der Waals surface area contributed by atoms with Crippen LogP contribution >= 0.6 is 0 Å². The fourth-order valence-electron chi connectivity index (χ4n) is 1.34. The zero-order valence-corrected chi connectivity index (χ0v) is 13.1. The Balaban J connectivity index is 3.10. The summed E-state index contributed by atoms with van der Waals surface area (Å²) in [6.07, 6.45) is 0. The fourth-order valence-corrected chi connectivity index (χ4v) is 1.34. The van der Waals surface area contributed by atoms with Gasteiger partial charge in [-0.3, -0.25) is 14.4 Å². The molecule has 0 saturated heterocycles. The Bertz CT molecular complexity index is 540. The minimum absolute atomic E-state index is 0.153. The van der Waals surface area contributed by atoms with Crippen molar-refractivity contribution in [3.63, 3.8) is 0 Å². The van der Waals surface area contributed by atoms with E-state index in [4.69, 9.17) is 15.3 Å². The predicted octanol–water partition coefficient (Wildman–Crippen LogP) is -0.473. The molecule has 3 atom stereocenters. The number of hydrogen-bond donors (Lipinski definition) is 6. The van der Waals surface area contributed by atoms with Crippen molar-refractivity contribution >= 4 is 35.8 Å². The van der Waals surface area contributed by atoms with Gasteiger partial charge in [-0.05, 0) is 20.8 Å². The number of carboxylic acids is 3. The van der Waals surface area contributed by atoms with E-state index in [1.807, 2.05) is 0 Å². The van der Waals surface area contributed by atoms with Crippen molar-refractivity contribution < 1.29 is 29.7 Å². The number of nitrogens with zero attached hydrogens (tertiary/aromatic N) is 3. The highest BCUT2D eigenvalue weighted by Gasteiger charge is 2.18. The quantitative estimate of drug-likeness (QED) is 0.339. The molecule has 1 rings (SSSR count). The van der Waals surface area contributed by atoms with E-state index in [-0.39, 0.29) is 17.8 Å². The molecule has 0 unspecified atom stereocenters. The molecule has 0 aromatic carbocycles. The van der Waals surface area contributed by atoms with Crippen LogP contribution in [0.25, 0.3) is 0 Å². The van der Waals surface area contributed by atoms with Gasteiger partial charge in [0.25, 0.3) is 0 Å². The average molecular weight is 342 g/mol. The summed E-state index contributed by atoms with van der Waals surface area (Å²) in [5, 5.41) is 34.2. The van der Waals surface area contributed by atoms with E-state index in [1.165, 1.54) is 20.8 Å². The molecule has 0 bridgehead atoms. The van der Waals surface area contributed by atoms with E-state index in [2.05, 4.69) is 30.9 Å². The third-order valence-corrected chi connectivity index (χ3v) is 2.78. The van der Waals surface area contributed by atoms with E-state index in [1.54, 1.807) is 0 Å². The van der Waals surface area contributed by atoms with Gasteiger partial charge in [-0.1, -0.05) is 0 Å². The van der Waals surface area contributed by atoms with Crippen molar-refractivity contribution in [2.45, 2.75) is 38.9 Å². The van der Waals surface area contributed by atoms with Gasteiger partial charge in [0, 0.05) is 0 Å². The molecule has 24 heavy (non-hydrogen) atoms. The highest BCUT2D eigenvalue weighted by molar-refractivity contribution is 5.78. The molecule has 0 spiro atoms. The Labute approximate surface area is 136 Å². The summed E-state index contributed by atoms with van der Waals surface area (Å²) in [5.41, 5.74) is 0. The van der Waals surface area contributed by atoms with Crippen LogP contribution in [0.4, 0.5) is 17.8 Å². The number of aliphatic carboxylic acids is 3. The Hall–Kier alpha value is -3.18. The standard InChI is InChI=1S/C12H18N6O6/c1-4(7(19)20)13-10-16-11(14-5(2)8(21)22)18-12(17-10)15-6(3)9(23)24/h4-6H,1-3H3,(H,19,20)(H,21,22)(H,23,24)(H3,13,14,15,16,17,18)/t4-,5-,6-/m0/s1. The molecule has 1 heterocycles. The third-order valence-electron chi connectivity index (χ3n) is 2.78. The first-order chi connectivity index (χ1) is 11.1. The molecule has 12 nitrogen and oxygen atoms in total. The number of carbonyl (C=O) groups is 3. The molecule has 0 amide bonds. The summed E-state index contributed by atoms with van der Waals surface area (Å²) in [4.78, 5) is 44.3. The van der Waals surface area contributed by atoms with E-state index in [0.717, 1.165) is 0 Å². The van der Waals surface area contributed by atoms with E-state index in [9.17, 15) is 14.4 Å². The van der Waals surface area contributed by atoms with Gasteiger partial charge in [-0.2, -0.15) is 15.0 Å². The highest BCUT2D eigenvalue weighted by atomic mass is 16.4. The van der Waals surface area contributed by atoms with Crippen molar-refractivity contribution in [1.82, 2.24) is 15.0 Å². The van der Waals surface area contributed by atoms with Crippen LogP contribution in [0, 0.1) is 0 Å². The van der Waals surface area contributed by atoms with Crippen LogP contribution in [0.1, 0.15) is 20.8 Å². The third kappa shape index (κ3) is 5.55. The smallest absolute Gasteiger partial charge is 0.325 e. The molecule has 12 heteroatoms. The maximum absolute atomic E-state index is 10.9. The number of nitrogens with one attached hydrogen (secondary N) is 3. The van der Waals surface area contributed by atoms with E-state index >= 15 is 0 Å². The SMILES string of the molecule is C[C@H](Nc1nc(N[C@@H](C)C(=O)O)nc(N[C@@H](C)C(=O)O)n1)C(=O)O. The number of rotatable bonds is 9. The first-order valence-electron chi connectivity index (χ1n) is 6.84. The highest BCUT2D eigenvalue weighted by Crippen LogP contribution is 2.12. The summed E-state index contributed by atoms with van der Waals surface area (Å²) in [6.45, 7) is 4.06. The normalized spacial score (nSPS) is 14.1. The minimum Gasteiger partial charge on any atom is -0.480 e. The second-order valence-corrected chi connectivity index (χ2v) is 4.92. The lowest BCUT2D eigenvalue weighted by Gasteiger charge is -2.15. The second-order valence-electron chi connectivity index (χ2n) is 4.92. The second kappa shape index (κ2) is 7.89. The van der Waals surface area contributed by atoms with Crippen LogP contribution < -0.4 is 16.0 Å². The lowest BCUT2D eigenvalue weighted by molar-refractivity contribution is -0.138. The molecular weight excluding hydrogens is 324 g/mol. The predicted molar refractivity (Wildman–Crippen MR) is 82.0 cm³/mol. The van der Waals surface area contributed by atoms with Crippen molar-refractivity contribution in [2.75, 3.05) is 16.0 Å². The molecule has 6 N–H and O–H groups in total. The molecule has 0 radical (unpaired) electrons. The lowest BCUT2D eigenvalue weighted by atomic mass is 10.3. The lowest BCUT2D eigenvalue weighted by Crippen LogP contribution is -2.30. The van der Waals surface area contributed by atoms with Crippen molar-refractivity contribution in [3.8, 4) is 0 Å². The fraction of sp³-hybridized carbons (Fsp3) is 0.500. The Morgan fingerprint density at radius 3 is 1.04 bits per heavy atom. The number of aromatic nitrogens is 3. The Kier molecular flexibility index (Phi) is 6.21. The van der Waals surface area contributed by atoms with E-state index in [0.29, 0.717) is 0 Å². The van der Waals surface area contributed by atoms with E-state index < -0.39 is 36.0 Å². The topological polar surface area (TPSA) is 187 Å². The van der Waals surface area contributed by atoms with Gasteiger partial charge >= 0.3 is 17.9 Å². The zero-order valence-electron chi connectivity index (χ0n) is 13.1. The van der Waals surface area contributed by atoms with Gasteiger partial charge in [-0.15, -0.1) is 0 Å². The largest absolute Gasteiger partial charge is 0.480 e. The Morgan fingerprint density at radius 2 is 0.875 bits per heavy atom. The summed E-state index contributed by atoms with van der Waals surface area (Å²) < 4.78 is 0. The first-order valence-corrected chi connectivity index (χ1v) is 6.84.